The maximum atomic E-state index is 13.1. The molecule has 1 fully saturated rings. The summed E-state index contributed by atoms with van der Waals surface area (Å²) in [6, 6.07) is 8.68. The van der Waals surface area contributed by atoms with E-state index in [4.69, 9.17) is 0 Å². The number of likely N-dealkylation sites (tertiary alicyclic amines) is 1. The Morgan fingerprint density at radius 2 is 2.10 bits per heavy atom. The van der Waals surface area contributed by atoms with E-state index < -0.39 is 0 Å². The second-order valence-corrected chi connectivity index (χ2v) is 8.69. The van der Waals surface area contributed by atoms with Crippen molar-refractivity contribution in [3.05, 3.63) is 64.5 Å². The van der Waals surface area contributed by atoms with Crippen LogP contribution in [0.5, 0.6) is 0 Å². The van der Waals surface area contributed by atoms with E-state index in [0.717, 1.165) is 24.1 Å². The van der Waals surface area contributed by atoms with Crippen molar-refractivity contribution in [3.63, 3.8) is 0 Å². The third-order valence-corrected chi connectivity index (χ3v) is 5.45. The van der Waals surface area contributed by atoms with Crippen LogP contribution in [0.2, 0.25) is 0 Å². The molecule has 0 radical (unpaired) electrons. The Kier molecular flexibility index (Phi) is 5.24. The van der Waals surface area contributed by atoms with E-state index in [2.05, 4.69) is 41.1 Å². The van der Waals surface area contributed by atoms with Crippen LogP contribution < -0.4 is 5.56 Å². The maximum absolute atomic E-state index is 13.1. The van der Waals surface area contributed by atoms with E-state index in [0.29, 0.717) is 24.5 Å². The number of hydrogen-bond donors (Lipinski definition) is 1. The Balaban J connectivity index is 1.55. The van der Waals surface area contributed by atoms with Crippen molar-refractivity contribution in [1.82, 2.24) is 29.9 Å². The van der Waals surface area contributed by atoms with Crippen molar-refractivity contribution in [2.75, 3.05) is 6.54 Å². The van der Waals surface area contributed by atoms with Crippen LogP contribution in [0, 0.1) is 0 Å². The fourth-order valence-electron chi connectivity index (χ4n) is 3.70. The number of aromatic amines is 1. The molecule has 8 nitrogen and oxygen atoms in total. The van der Waals surface area contributed by atoms with E-state index in [-0.39, 0.29) is 22.9 Å². The van der Waals surface area contributed by atoms with Gasteiger partial charge < -0.3 is 4.90 Å². The van der Waals surface area contributed by atoms with E-state index >= 15 is 0 Å². The number of rotatable bonds is 4. The zero-order valence-electron chi connectivity index (χ0n) is 17.5. The lowest BCUT2D eigenvalue weighted by Gasteiger charge is -2.24. The molecule has 0 bridgehead atoms. The van der Waals surface area contributed by atoms with Gasteiger partial charge in [-0.1, -0.05) is 20.8 Å². The Bertz CT molecular complexity index is 1100. The molecule has 0 aliphatic carbocycles. The van der Waals surface area contributed by atoms with Crippen LogP contribution in [0.3, 0.4) is 0 Å². The van der Waals surface area contributed by atoms with Crippen molar-refractivity contribution in [3.8, 4) is 11.3 Å². The Labute approximate surface area is 175 Å². The first-order chi connectivity index (χ1) is 14.3. The first-order valence-corrected chi connectivity index (χ1v) is 10.2. The molecule has 1 N–H and O–H groups in total. The molecule has 1 saturated heterocycles. The highest BCUT2D eigenvalue weighted by atomic mass is 16.2. The van der Waals surface area contributed by atoms with Crippen LogP contribution in [-0.4, -0.2) is 48.4 Å². The minimum atomic E-state index is -0.184. The zero-order valence-corrected chi connectivity index (χ0v) is 17.5. The number of nitrogens with one attached hydrogen (secondary N) is 1. The highest BCUT2D eigenvalue weighted by molar-refractivity contribution is 5.92. The molecule has 30 heavy (non-hydrogen) atoms. The van der Waals surface area contributed by atoms with Crippen LogP contribution in [0.1, 0.15) is 49.8 Å². The number of amides is 1. The van der Waals surface area contributed by atoms with Gasteiger partial charge in [-0.3, -0.25) is 19.7 Å². The van der Waals surface area contributed by atoms with Crippen molar-refractivity contribution < 1.29 is 4.79 Å². The molecule has 0 aromatic carbocycles. The predicted molar refractivity (Wildman–Crippen MR) is 113 cm³/mol. The quantitative estimate of drug-likeness (QED) is 0.718. The third kappa shape index (κ3) is 4.03. The van der Waals surface area contributed by atoms with Gasteiger partial charge in [-0.25, -0.2) is 4.68 Å². The minimum Gasteiger partial charge on any atom is -0.332 e. The standard InChI is InChI=1S/C22H26N6O2/c1-22(2,3)19-12-18(24-25-19)21(30)27-11-5-7-16(27)14-28-20(29)9-8-17(26-28)15-6-4-10-23-13-15/h4,6,8-10,12-13,16H,5,7,11,14H2,1-3H3,(H,24,25). The first kappa shape index (κ1) is 20.0. The van der Waals surface area contributed by atoms with Crippen molar-refractivity contribution in [2.45, 2.75) is 51.6 Å². The minimum absolute atomic E-state index is 0.0957. The molecule has 1 unspecified atom stereocenters. The van der Waals surface area contributed by atoms with Gasteiger partial charge in [0.25, 0.3) is 11.5 Å². The normalized spacial score (nSPS) is 16.8. The molecule has 1 atom stereocenters. The molecule has 1 aliphatic rings. The van der Waals surface area contributed by atoms with Crippen LogP contribution in [0.15, 0.2) is 47.5 Å². The second-order valence-electron chi connectivity index (χ2n) is 8.69. The summed E-state index contributed by atoms with van der Waals surface area (Å²) in [6.07, 6.45) is 5.13. The zero-order chi connectivity index (χ0) is 21.3. The summed E-state index contributed by atoms with van der Waals surface area (Å²) in [4.78, 5) is 31.4. The lowest BCUT2D eigenvalue weighted by atomic mass is 9.92. The average molecular weight is 406 g/mol. The first-order valence-electron chi connectivity index (χ1n) is 10.2. The van der Waals surface area contributed by atoms with E-state index in [1.807, 2.05) is 23.1 Å². The second kappa shape index (κ2) is 7.85. The molecule has 1 aliphatic heterocycles. The highest BCUT2D eigenvalue weighted by Crippen LogP contribution is 2.24. The molecule has 0 spiro atoms. The summed E-state index contributed by atoms with van der Waals surface area (Å²) in [7, 11) is 0. The molecule has 3 aromatic rings. The van der Waals surface area contributed by atoms with Gasteiger partial charge in [-0.05, 0) is 37.1 Å². The van der Waals surface area contributed by atoms with Gasteiger partial charge in [0.15, 0.2) is 0 Å². The summed E-state index contributed by atoms with van der Waals surface area (Å²) in [5.41, 5.74) is 2.56. The van der Waals surface area contributed by atoms with Crippen LogP contribution >= 0.6 is 0 Å². The largest absolute Gasteiger partial charge is 0.332 e. The fraction of sp³-hybridized carbons (Fsp3) is 0.409. The summed E-state index contributed by atoms with van der Waals surface area (Å²) >= 11 is 0. The molecule has 156 valence electrons. The smallest absolute Gasteiger partial charge is 0.274 e. The summed E-state index contributed by atoms with van der Waals surface area (Å²) in [5, 5.41) is 11.7. The average Bonchev–Trinajstić information content (AvgIpc) is 3.39. The topological polar surface area (TPSA) is 96.8 Å². The van der Waals surface area contributed by atoms with Gasteiger partial charge in [0, 0.05) is 41.7 Å². The summed E-state index contributed by atoms with van der Waals surface area (Å²) < 4.78 is 1.45. The lowest BCUT2D eigenvalue weighted by molar-refractivity contribution is 0.0714. The van der Waals surface area contributed by atoms with Crippen molar-refractivity contribution in [2.24, 2.45) is 0 Å². The molecule has 1 amide bonds. The molecule has 0 saturated carbocycles. The van der Waals surface area contributed by atoms with Gasteiger partial charge in [-0.2, -0.15) is 10.2 Å². The number of H-pyrrole nitrogens is 1. The van der Waals surface area contributed by atoms with Gasteiger partial charge in [0.05, 0.1) is 18.3 Å². The number of aromatic nitrogens is 5. The van der Waals surface area contributed by atoms with Crippen LogP contribution in [0.4, 0.5) is 0 Å². The number of hydrogen-bond acceptors (Lipinski definition) is 5. The Morgan fingerprint density at radius 1 is 1.27 bits per heavy atom. The Morgan fingerprint density at radius 3 is 2.80 bits per heavy atom. The predicted octanol–water partition coefficient (Wildman–Crippen LogP) is 2.63. The van der Waals surface area contributed by atoms with E-state index in [9.17, 15) is 9.59 Å². The molecular weight excluding hydrogens is 380 g/mol. The van der Waals surface area contributed by atoms with E-state index in [1.54, 1.807) is 18.5 Å². The SMILES string of the molecule is CC(C)(C)c1cc(C(=O)N2CCCC2Cn2nc(-c3cccnc3)ccc2=O)n[nH]1. The van der Waals surface area contributed by atoms with Gasteiger partial charge >= 0.3 is 0 Å². The third-order valence-electron chi connectivity index (χ3n) is 5.45. The van der Waals surface area contributed by atoms with Crippen molar-refractivity contribution >= 4 is 5.91 Å². The fourth-order valence-corrected chi connectivity index (χ4v) is 3.70. The molecule has 3 aromatic heterocycles. The Hall–Kier alpha value is -3.29. The summed E-state index contributed by atoms with van der Waals surface area (Å²) in [6.45, 7) is 7.22. The lowest BCUT2D eigenvalue weighted by Crippen LogP contribution is -2.40. The van der Waals surface area contributed by atoms with Gasteiger partial charge in [-0.15, -0.1) is 0 Å². The number of carbonyl (C=O) groups is 1. The van der Waals surface area contributed by atoms with Crippen molar-refractivity contribution in [1.29, 1.82) is 0 Å². The van der Waals surface area contributed by atoms with Gasteiger partial charge in [0.2, 0.25) is 0 Å². The van der Waals surface area contributed by atoms with Crippen LogP contribution in [-0.2, 0) is 12.0 Å². The summed E-state index contributed by atoms with van der Waals surface area (Å²) in [5.74, 6) is -0.110. The van der Waals surface area contributed by atoms with E-state index in [1.165, 1.54) is 10.7 Å². The molecule has 4 heterocycles. The molecule has 8 heteroatoms. The molecular formula is C22H26N6O2. The van der Waals surface area contributed by atoms with Crippen LogP contribution in [0.25, 0.3) is 11.3 Å². The number of carbonyl (C=O) groups excluding carboxylic acids is 1. The monoisotopic (exact) mass is 406 g/mol. The highest BCUT2D eigenvalue weighted by Gasteiger charge is 2.32. The molecule has 4 rings (SSSR count). The number of pyridine rings is 1. The maximum Gasteiger partial charge on any atom is 0.274 e. The number of nitrogens with zero attached hydrogens (tertiary/aromatic N) is 5. The van der Waals surface area contributed by atoms with Gasteiger partial charge in [0.1, 0.15) is 5.69 Å².